The van der Waals surface area contributed by atoms with Gasteiger partial charge in [-0.05, 0) is 56.2 Å². The van der Waals surface area contributed by atoms with Crippen molar-refractivity contribution in [3.05, 3.63) is 100 Å². The molecule has 0 unspecified atom stereocenters. The lowest BCUT2D eigenvalue weighted by atomic mass is 10.0. The number of nitrogens with one attached hydrogen (secondary N) is 1. The summed E-state index contributed by atoms with van der Waals surface area (Å²) < 4.78 is 1.69. The number of aryl methyl sites for hydroxylation is 3. The fourth-order valence-corrected chi connectivity index (χ4v) is 3.78. The molecular formula is C25H23N3O2. The van der Waals surface area contributed by atoms with E-state index in [1.807, 2.05) is 63.2 Å². The molecule has 0 atom stereocenters. The number of carbonyl (C=O) groups excluding carboxylic acids is 2. The first-order valence-corrected chi connectivity index (χ1v) is 9.74. The Morgan fingerprint density at radius 3 is 2.20 bits per heavy atom. The average Bonchev–Trinajstić information content (AvgIpc) is 2.99. The maximum atomic E-state index is 13.2. The molecule has 30 heavy (non-hydrogen) atoms. The van der Waals surface area contributed by atoms with Crippen molar-refractivity contribution in [1.29, 1.82) is 0 Å². The highest BCUT2D eigenvalue weighted by Gasteiger charge is 2.26. The van der Waals surface area contributed by atoms with Crippen LogP contribution in [0.1, 0.15) is 43.1 Å². The molecule has 2 aromatic carbocycles. The molecule has 2 heterocycles. The molecule has 0 aliphatic heterocycles. The zero-order valence-electron chi connectivity index (χ0n) is 17.2. The van der Waals surface area contributed by atoms with E-state index in [0.29, 0.717) is 28.0 Å². The first-order chi connectivity index (χ1) is 14.3. The number of nitrogens with two attached hydrogens (primary N) is 1. The number of hydrogen-bond acceptors (Lipinski definition) is 3. The summed E-state index contributed by atoms with van der Waals surface area (Å²) in [5.74, 6) is -0.566. The zero-order chi connectivity index (χ0) is 21.4. The first kappa shape index (κ1) is 19.5. The van der Waals surface area contributed by atoms with Crippen LogP contribution in [0.2, 0.25) is 0 Å². The van der Waals surface area contributed by atoms with Gasteiger partial charge in [0.1, 0.15) is 5.69 Å². The Morgan fingerprint density at radius 1 is 0.867 bits per heavy atom. The Bertz CT molecular complexity index is 1260. The van der Waals surface area contributed by atoms with Crippen molar-refractivity contribution in [3.8, 4) is 0 Å². The molecule has 4 rings (SSSR count). The topological polar surface area (TPSA) is 76.6 Å². The normalized spacial score (nSPS) is 10.9. The summed E-state index contributed by atoms with van der Waals surface area (Å²) in [4.78, 5) is 26.4. The van der Waals surface area contributed by atoms with Crippen molar-refractivity contribution in [2.75, 3.05) is 11.1 Å². The van der Waals surface area contributed by atoms with Gasteiger partial charge in [-0.1, -0.05) is 42.0 Å². The van der Waals surface area contributed by atoms with Gasteiger partial charge in [0.25, 0.3) is 5.91 Å². The number of hydrogen-bond donors (Lipinski definition) is 2. The summed E-state index contributed by atoms with van der Waals surface area (Å²) in [5, 5.41) is 2.93. The van der Waals surface area contributed by atoms with Gasteiger partial charge in [0, 0.05) is 17.4 Å². The highest BCUT2D eigenvalue weighted by Crippen LogP contribution is 2.29. The standard InChI is InChI=1S/C25H23N3O2/c1-15-7-9-18(10-8-15)24(29)23-22(26)21(20-6-4-5-11-28(20)23)25(30)27-19-13-16(2)12-17(3)14-19/h4-14H,26H2,1-3H3,(H,27,30). The summed E-state index contributed by atoms with van der Waals surface area (Å²) in [6, 6.07) is 18.6. The maximum Gasteiger partial charge on any atom is 0.259 e. The van der Waals surface area contributed by atoms with Crippen LogP contribution < -0.4 is 11.1 Å². The predicted octanol–water partition coefficient (Wildman–Crippen LogP) is 4.93. The fraction of sp³-hybridized carbons (Fsp3) is 0.120. The van der Waals surface area contributed by atoms with Crippen LogP contribution in [0.25, 0.3) is 5.52 Å². The van der Waals surface area contributed by atoms with E-state index >= 15 is 0 Å². The van der Waals surface area contributed by atoms with Gasteiger partial charge in [0.2, 0.25) is 5.78 Å². The van der Waals surface area contributed by atoms with Gasteiger partial charge >= 0.3 is 0 Å². The average molecular weight is 397 g/mol. The molecular weight excluding hydrogens is 374 g/mol. The third-order valence-corrected chi connectivity index (χ3v) is 5.12. The second-order valence-electron chi connectivity index (χ2n) is 7.62. The lowest BCUT2D eigenvalue weighted by molar-refractivity contribution is 0.102. The van der Waals surface area contributed by atoms with Crippen molar-refractivity contribution in [1.82, 2.24) is 4.40 Å². The predicted molar refractivity (Wildman–Crippen MR) is 120 cm³/mol. The van der Waals surface area contributed by atoms with E-state index in [9.17, 15) is 9.59 Å². The minimum atomic E-state index is -0.343. The van der Waals surface area contributed by atoms with Crippen LogP contribution in [0, 0.1) is 20.8 Å². The molecule has 0 saturated heterocycles. The molecule has 0 aliphatic carbocycles. The molecule has 150 valence electrons. The molecule has 5 heteroatoms. The quantitative estimate of drug-likeness (QED) is 0.479. The van der Waals surface area contributed by atoms with Crippen LogP contribution in [0.5, 0.6) is 0 Å². The minimum absolute atomic E-state index is 0.175. The zero-order valence-corrected chi connectivity index (χ0v) is 17.2. The molecule has 0 radical (unpaired) electrons. The van der Waals surface area contributed by atoms with Crippen molar-refractivity contribution >= 4 is 28.6 Å². The number of fused-ring (bicyclic) bond motifs is 1. The molecule has 0 spiro atoms. The number of anilines is 2. The molecule has 4 aromatic rings. The summed E-state index contributed by atoms with van der Waals surface area (Å²) in [5.41, 5.74) is 12.1. The lowest BCUT2D eigenvalue weighted by Crippen LogP contribution is -2.14. The number of benzene rings is 2. The third kappa shape index (κ3) is 3.46. The van der Waals surface area contributed by atoms with Gasteiger partial charge in [-0.3, -0.25) is 9.59 Å². The van der Waals surface area contributed by atoms with E-state index in [-0.39, 0.29) is 17.4 Å². The summed E-state index contributed by atoms with van der Waals surface area (Å²) in [6.45, 7) is 5.91. The number of nitrogen functional groups attached to an aromatic ring is 1. The second kappa shape index (κ2) is 7.52. The van der Waals surface area contributed by atoms with E-state index in [0.717, 1.165) is 16.7 Å². The second-order valence-corrected chi connectivity index (χ2v) is 7.62. The summed E-state index contributed by atoms with van der Waals surface area (Å²) >= 11 is 0. The van der Waals surface area contributed by atoms with Gasteiger partial charge in [-0.2, -0.15) is 0 Å². The number of aromatic nitrogens is 1. The van der Waals surface area contributed by atoms with Crippen molar-refractivity contribution in [2.24, 2.45) is 0 Å². The SMILES string of the molecule is Cc1ccc(C(=O)c2c(N)c(C(=O)Nc3cc(C)cc(C)c3)c3ccccn23)cc1. The molecule has 0 saturated carbocycles. The van der Waals surface area contributed by atoms with Gasteiger partial charge < -0.3 is 15.5 Å². The van der Waals surface area contributed by atoms with E-state index in [1.54, 1.807) is 28.8 Å². The molecule has 0 fully saturated rings. The smallest absolute Gasteiger partial charge is 0.259 e. The van der Waals surface area contributed by atoms with Gasteiger partial charge in [0.05, 0.1) is 16.8 Å². The molecule has 2 aromatic heterocycles. The third-order valence-electron chi connectivity index (χ3n) is 5.12. The van der Waals surface area contributed by atoms with Crippen LogP contribution in [-0.4, -0.2) is 16.1 Å². The van der Waals surface area contributed by atoms with E-state index in [2.05, 4.69) is 5.32 Å². The fourth-order valence-electron chi connectivity index (χ4n) is 3.78. The Morgan fingerprint density at radius 2 is 1.53 bits per heavy atom. The number of ketones is 1. The molecule has 1 amide bonds. The van der Waals surface area contributed by atoms with E-state index in [4.69, 9.17) is 5.73 Å². The van der Waals surface area contributed by atoms with Crippen molar-refractivity contribution < 1.29 is 9.59 Å². The Labute approximate surface area is 175 Å². The Hall–Kier alpha value is -3.86. The monoisotopic (exact) mass is 397 g/mol. The lowest BCUT2D eigenvalue weighted by Gasteiger charge is -2.08. The van der Waals surface area contributed by atoms with Crippen LogP contribution in [0.3, 0.4) is 0 Å². The van der Waals surface area contributed by atoms with Gasteiger partial charge in [-0.25, -0.2) is 0 Å². The van der Waals surface area contributed by atoms with E-state index < -0.39 is 0 Å². The Kier molecular flexibility index (Phi) is 4.88. The molecule has 0 bridgehead atoms. The van der Waals surface area contributed by atoms with E-state index in [1.165, 1.54) is 0 Å². The van der Waals surface area contributed by atoms with Crippen LogP contribution in [0.4, 0.5) is 11.4 Å². The highest BCUT2D eigenvalue weighted by atomic mass is 16.2. The molecule has 5 nitrogen and oxygen atoms in total. The number of pyridine rings is 1. The van der Waals surface area contributed by atoms with Crippen LogP contribution in [-0.2, 0) is 0 Å². The highest BCUT2D eigenvalue weighted by molar-refractivity contribution is 6.20. The minimum Gasteiger partial charge on any atom is -0.396 e. The van der Waals surface area contributed by atoms with Gasteiger partial charge in [0.15, 0.2) is 0 Å². The first-order valence-electron chi connectivity index (χ1n) is 9.74. The number of nitrogens with zero attached hydrogens (tertiary/aromatic N) is 1. The number of carbonyl (C=O) groups is 2. The molecule has 0 aliphatic rings. The Balaban J connectivity index is 1.81. The summed E-state index contributed by atoms with van der Waals surface area (Å²) in [7, 11) is 0. The van der Waals surface area contributed by atoms with Crippen LogP contribution in [0.15, 0.2) is 66.9 Å². The number of rotatable bonds is 4. The van der Waals surface area contributed by atoms with Crippen molar-refractivity contribution in [2.45, 2.75) is 20.8 Å². The summed E-state index contributed by atoms with van der Waals surface area (Å²) in [6.07, 6.45) is 1.75. The van der Waals surface area contributed by atoms with Crippen LogP contribution >= 0.6 is 0 Å². The van der Waals surface area contributed by atoms with Crippen molar-refractivity contribution in [3.63, 3.8) is 0 Å². The largest absolute Gasteiger partial charge is 0.396 e. The number of amides is 1. The van der Waals surface area contributed by atoms with Gasteiger partial charge in [-0.15, -0.1) is 0 Å². The molecule has 3 N–H and O–H groups in total. The maximum absolute atomic E-state index is 13.2.